The van der Waals surface area contributed by atoms with Gasteiger partial charge in [0.2, 0.25) is 5.91 Å². The molecule has 0 aliphatic carbocycles. The molecule has 0 fully saturated rings. The maximum atomic E-state index is 12.9. The number of nitrogen functional groups attached to an aromatic ring is 1. The normalized spacial score (nSPS) is 10.9. The SMILES string of the molecule is CC(=O)N(C)Cc1cc(C(=O)N(C)Cc2[nH]c3ccccc3c2C)ccc1N. The molecule has 3 rings (SSSR count). The maximum absolute atomic E-state index is 12.9. The second-order valence-electron chi connectivity index (χ2n) is 7.22. The molecule has 0 unspecified atom stereocenters. The van der Waals surface area contributed by atoms with Crippen LogP contribution in [0.5, 0.6) is 0 Å². The molecule has 0 bridgehead atoms. The Morgan fingerprint density at radius 1 is 1.04 bits per heavy atom. The number of fused-ring (bicyclic) bond motifs is 1. The zero-order valence-corrected chi connectivity index (χ0v) is 16.7. The predicted octanol–water partition coefficient (Wildman–Crippen LogP) is 3.31. The van der Waals surface area contributed by atoms with E-state index in [0.29, 0.717) is 24.3 Å². The number of hydrogen-bond donors (Lipinski definition) is 2. The number of benzene rings is 2. The number of nitrogens with zero attached hydrogens (tertiary/aromatic N) is 2. The van der Waals surface area contributed by atoms with Crippen molar-refractivity contribution < 1.29 is 9.59 Å². The molecule has 3 aromatic rings. The van der Waals surface area contributed by atoms with Crippen LogP contribution in [-0.4, -0.2) is 40.7 Å². The summed E-state index contributed by atoms with van der Waals surface area (Å²) in [6, 6.07) is 13.3. The van der Waals surface area contributed by atoms with Gasteiger partial charge in [-0.3, -0.25) is 9.59 Å². The lowest BCUT2D eigenvalue weighted by molar-refractivity contribution is -0.128. The van der Waals surface area contributed by atoms with Gasteiger partial charge in [0.05, 0.1) is 6.54 Å². The summed E-state index contributed by atoms with van der Waals surface area (Å²) < 4.78 is 0. The summed E-state index contributed by atoms with van der Waals surface area (Å²) in [7, 11) is 3.49. The number of H-pyrrole nitrogens is 1. The number of rotatable bonds is 5. The number of amides is 2. The van der Waals surface area contributed by atoms with E-state index >= 15 is 0 Å². The third kappa shape index (κ3) is 3.86. The number of carbonyl (C=O) groups excluding carboxylic acids is 2. The first-order chi connectivity index (χ1) is 13.3. The van der Waals surface area contributed by atoms with Gasteiger partial charge in [-0.05, 0) is 42.3 Å². The van der Waals surface area contributed by atoms with E-state index in [0.717, 1.165) is 22.3 Å². The summed E-state index contributed by atoms with van der Waals surface area (Å²) in [6.07, 6.45) is 0. The van der Waals surface area contributed by atoms with Crippen LogP contribution in [0.1, 0.15) is 34.1 Å². The Morgan fingerprint density at radius 2 is 1.75 bits per heavy atom. The van der Waals surface area contributed by atoms with Gasteiger partial charge in [-0.25, -0.2) is 0 Å². The molecule has 6 nitrogen and oxygen atoms in total. The van der Waals surface area contributed by atoms with E-state index in [9.17, 15) is 9.59 Å². The third-order valence-corrected chi connectivity index (χ3v) is 5.15. The molecule has 2 aromatic carbocycles. The molecule has 146 valence electrons. The van der Waals surface area contributed by atoms with Gasteiger partial charge in [-0.2, -0.15) is 0 Å². The zero-order chi connectivity index (χ0) is 20.4. The maximum Gasteiger partial charge on any atom is 0.253 e. The zero-order valence-electron chi connectivity index (χ0n) is 16.7. The summed E-state index contributed by atoms with van der Waals surface area (Å²) in [6.45, 7) is 4.41. The predicted molar refractivity (Wildman–Crippen MR) is 112 cm³/mol. The second kappa shape index (κ2) is 7.76. The van der Waals surface area contributed by atoms with Crippen LogP contribution in [0.15, 0.2) is 42.5 Å². The van der Waals surface area contributed by atoms with Crippen molar-refractivity contribution in [2.24, 2.45) is 0 Å². The third-order valence-electron chi connectivity index (χ3n) is 5.15. The van der Waals surface area contributed by atoms with E-state index in [1.165, 1.54) is 12.3 Å². The average Bonchev–Trinajstić information content (AvgIpc) is 2.98. The van der Waals surface area contributed by atoms with E-state index in [2.05, 4.69) is 18.0 Å². The highest BCUT2D eigenvalue weighted by Gasteiger charge is 2.17. The largest absolute Gasteiger partial charge is 0.398 e. The van der Waals surface area contributed by atoms with Gasteiger partial charge in [-0.1, -0.05) is 18.2 Å². The number of carbonyl (C=O) groups is 2. The van der Waals surface area contributed by atoms with E-state index in [1.54, 1.807) is 42.1 Å². The van der Waals surface area contributed by atoms with Crippen LogP contribution in [0.25, 0.3) is 10.9 Å². The molecule has 28 heavy (non-hydrogen) atoms. The number of para-hydroxylation sites is 1. The first-order valence-corrected chi connectivity index (χ1v) is 9.19. The van der Waals surface area contributed by atoms with Gasteiger partial charge in [0.1, 0.15) is 0 Å². The van der Waals surface area contributed by atoms with E-state index in [-0.39, 0.29) is 11.8 Å². The molecule has 3 N–H and O–H groups in total. The van der Waals surface area contributed by atoms with Gasteiger partial charge in [-0.15, -0.1) is 0 Å². The molecule has 0 spiro atoms. The molecule has 0 aliphatic rings. The van der Waals surface area contributed by atoms with Gasteiger partial charge in [0.25, 0.3) is 5.91 Å². The van der Waals surface area contributed by atoms with Crippen LogP contribution in [-0.2, 0) is 17.9 Å². The number of nitrogens with one attached hydrogen (secondary N) is 1. The fourth-order valence-electron chi connectivity index (χ4n) is 3.27. The molecule has 0 aliphatic heterocycles. The monoisotopic (exact) mass is 378 g/mol. The fourth-order valence-corrected chi connectivity index (χ4v) is 3.27. The van der Waals surface area contributed by atoms with Crippen LogP contribution in [0.4, 0.5) is 5.69 Å². The van der Waals surface area contributed by atoms with E-state index < -0.39 is 0 Å². The standard InChI is InChI=1S/C22H26N4O2/c1-14-18-7-5-6-8-20(18)24-21(14)13-26(4)22(28)16-9-10-19(23)17(11-16)12-25(3)15(2)27/h5-11,24H,12-13,23H2,1-4H3. The van der Waals surface area contributed by atoms with Crippen LogP contribution < -0.4 is 5.73 Å². The minimum atomic E-state index is -0.0928. The Hall–Kier alpha value is -3.28. The minimum absolute atomic E-state index is 0.0532. The molecule has 1 aromatic heterocycles. The smallest absolute Gasteiger partial charge is 0.253 e. The van der Waals surface area contributed by atoms with E-state index in [4.69, 9.17) is 5.73 Å². The molecule has 2 amide bonds. The number of aromatic amines is 1. The summed E-state index contributed by atoms with van der Waals surface area (Å²) in [5.74, 6) is -0.146. The van der Waals surface area contributed by atoms with E-state index in [1.807, 2.05) is 18.2 Å². The Balaban J connectivity index is 1.81. The highest BCUT2D eigenvalue weighted by atomic mass is 16.2. The number of aromatic nitrogens is 1. The Morgan fingerprint density at radius 3 is 2.43 bits per heavy atom. The molecule has 1 heterocycles. The van der Waals surface area contributed by atoms with Gasteiger partial charge < -0.3 is 20.5 Å². The van der Waals surface area contributed by atoms with Crippen LogP contribution in [0.2, 0.25) is 0 Å². The van der Waals surface area contributed by atoms with Gasteiger partial charge >= 0.3 is 0 Å². The molecule has 0 saturated heterocycles. The van der Waals surface area contributed by atoms with Gasteiger partial charge in [0, 0.05) is 55.4 Å². The number of nitrogens with two attached hydrogens (primary N) is 1. The highest BCUT2D eigenvalue weighted by Crippen LogP contribution is 2.23. The van der Waals surface area contributed by atoms with Crippen molar-refractivity contribution in [1.29, 1.82) is 0 Å². The fraction of sp³-hybridized carbons (Fsp3) is 0.273. The quantitative estimate of drug-likeness (QED) is 0.668. The first kappa shape index (κ1) is 19.5. The van der Waals surface area contributed by atoms with Gasteiger partial charge in [0.15, 0.2) is 0 Å². The first-order valence-electron chi connectivity index (χ1n) is 9.19. The average molecular weight is 378 g/mol. The van der Waals surface area contributed by atoms with Crippen molar-refractivity contribution in [2.75, 3.05) is 19.8 Å². The van der Waals surface area contributed by atoms with Crippen LogP contribution in [0.3, 0.4) is 0 Å². The Kier molecular flexibility index (Phi) is 5.40. The lowest BCUT2D eigenvalue weighted by Crippen LogP contribution is -2.27. The highest BCUT2D eigenvalue weighted by molar-refractivity contribution is 5.95. The number of anilines is 1. The van der Waals surface area contributed by atoms with Crippen molar-refractivity contribution in [3.63, 3.8) is 0 Å². The molecule has 6 heteroatoms. The van der Waals surface area contributed by atoms with Crippen molar-refractivity contribution in [1.82, 2.24) is 14.8 Å². The van der Waals surface area contributed by atoms with Crippen molar-refractivity contribution in [2.45, 2.75) is 26.9 Å². The minimum Gasteiger partial charge on any atom is -0.398 e. The molecule has 0 saturated carbocycles. The summed E-state index contributed by atoms with van der Waals surface area (Å²) in [4.78, 5) is 31.1. The molecule has 0 radical (unpaired) electrons. The van der Waals surface area contributed by atoms with Crippen molar-refractivity contribution >= 4 is 28.4 Å². The molecular formula is C22H26N4O2. The number of aryl methyl sites for hydroxylation is 1. The summed E-state index contributed by atoms with van der Waals surface area (Å²) in [5.41, 5.74) is 11.2. The topological polar surface area (TPSA) is 82.4 Å². The Labute approximate surface area is 164 Å². The van der Waals surface area contributed by atoms with Crippen molar-refractivity contribution in [3.05, 3.63) is 64.8 Å². The molecule has 0 atom stereocenters. The molecular weight excluding hydrogens is 352 g/mol. The lowest BCUT2D eigenvalue weighted by atomic mass is 10.1. The van der Waals surface area contributed by atoms with Crippen molar-refractivity contribution in [3.8, 4) is 0 Å². The lowest BCUT2D eigenvalue weighted by Gasteiger charge is -2.20. The van der Waals surface area contributed by atoms with Crippen LogP contribution >= 0.6 is 0 Å². The Bertz CT molecular complexity index is 1040. The summed E-state index contributed by atoms with van der Waals surface area (Å²) in [5, 5.41) is 1.17. The summed E-state index contributed by atoms with van der Waals surface area (Å²) >= 11 is 0. The van der Waals surface area contributed by atoms with Crippen LogP contribution in [0, 0.1) is 6.92 Å². The number of hydrogen-bond acceptors (Lipinski definition) is 3. The second-order valence-corrected chi connectivity index (χ2v) is 7.22.